The van der Waals surface area contributed by atoms with Gasteiger partial charge in [0.05, 0.1) is 0 Å². The van der Waals surface area contributed by atoms with Gasteiger partial charge in [0, 0.05) is 0 Å². The van der Waals surface area contributed by atoms with Gasteiger partial charge in [0.25, 0.3) is 0 Å². The summed E-state index contributed by atoms with van der Waals surface area (Å²) >= 11 is 0. The molecular weight excluding hydrogens is 258 g/mol. The quantitative estimate of drug-likeness (QED) is 0.433. The van der Waals surface area contributed by atoms with Gasteiger partial charge >= 0.3 is 26.2 Å². The van der Waals surface area contributed by atoms with Crippen LogP contribution in [0.4, 0.5) is 0 Å². The molecule has 0 spiro atoms. The van der Waals surface area contributed by atoms with E-state index in [9.17, 15) is 0 Å². The largest absolute Gasteiger partial charge is 3.00 e. The van der Waals surface area contributed by atoms with Gasteiger partial charge in [-0.25, -0.2) is 11.1 Å². The fourth-order valence-electron chi connectivity index (χ4n) is 0.994. The standard InChI is InChI=1S/C8H11.2ClH.Zr/c1-3-8-6-4-5-7(8)2;;;/h5H,3-4H2,1-2H3;2*1H;/q-1;;;+3/p-2. The zero-order chi connectivity index (χ0) is 5.98. The molecule has 3 heteroatoms. The molecule has 0 atom stereocenters. The normalized spacial score (nSPS) is 13.3. The van der Waals surface area contributed by atoms with Gasteiger partial charge < -0.3 is 24.8 Å². The molecule has 0 unspecified atom stereocenters. The van der Waals surface area contributed by atoms with Crippen LogP contribution < -0.4 is 24.8 Å². The van der Waals surface area contributed by atoms with E-state index in [4.69, 9.17) is 0 Å². The summed E-state index contributed by atoms with van der Waals surface area (Å²) in [6, 6.07) is 0. The minimum atomic E-state index is 0. The Labute approximate surface area is 100 Å². The Morgan fingerprint density at radius 3 is 2.18 bits per heavy atom. The van der Waals surface area contributed by atoms with Crippen LogP contribution in [-0.4, -0.2) is 0 Å². The van der Waals surface area contributed by atoms with E-state index in [0.29, 0.717) is 0 Å². The topological polar surface area (TPSA) is 0 Å². The molecule has 0 nitrogen and oxygen atoms in total. The molecule has 0 fully saturated rings. The summed E-state index contributed by atoms with van der Waals surface area (Å²) in [6.45, 7) is 4.32. The zero-order valence-corrected chi connectivity index (χ0v) is 10.7. The number of hydrogen-bond donors (Lipinski definition) is 0. The van der Waals surface area contributed by atoms with Crippen molar-refractivity contribution in [3.05, 3.63) is 23.3 Å². The van der Waals surface area contributed by atoms with Crippen LogP contribution in [0.15, 0.2) is 17.2 Å². The van der Waals surface area contributed by atoms with Crippen LogP contribution in [-0.2, 0) is 26.2 Å². The molecule has 1 rings (SSSR count). The van der Waals surface area contributed by atoms with E-state index < -0.39 is 0 Å². The van der Waals surface area contributed by atoms with Crippen molar-refractivity contribution in [2.75, 3.05) is 0 Å². The summed E-state index contributed by atoms with van der Waals surface area (Å²) in [4.78, 5) is 0. The van der Waals surface area contributed by atoms with Crippen molar-refractivity contribution < 1.29 is 51.0 Å². The molecule has 0 saturated carbocycles. The van der Waals surface area contributed by atoms with Crippen LogP contribution in [0.1, 0.15) is 26.7 Å². The van der Waals surface area contributed by atoms with Crippen LogP contribution in [0.3, 0.4) is 0 Å². The van der Waals surface area contributed by atoms with E-state index in [2.05, 4.69) is 26.0 Å². The maximum Gasteiger partial charge on any atom is 3.00 e. The molecule has 0 bridgehead atoms. The van der Waals surface area contributed by atoms with Crippen LogP contribution in [0, 0.1) is 6.08 Å². The molecule has 0 aromatic rings. The first kappa shape index (κ1) is 17.9. The average Bonchev–Trinajstić information content (AvgIpc) is 2.14. The Hall–Kier alpha value is 0.943. The molecule has 0 aromatic carbocycles. The van der Waals surface area contributed by atoms with Gasteiger partial charge in [-0.2, -0.15) is 6.08 Å². The van der Waals surface area contributed by atoms with E-state index >= 15 is 0 Å². The van der Waals surface area contributed by atoms with Crippen molar-refractivity contribution in [1.82, 2.24) is 0 Å². The molecule has 0 saturated heterocycles. The molecule has 0 aliphatic heterocycles. The third kappa shape index (κ3) is 5.22. The molecule has 1 radical (unpaired) electrons. The maximum atomic E-state index is 3.28. The van der Waals surface area contributed by atoms with Gasteiger partial charge in [0.1, 0.15) is 0 Å². The van der Waals surface area contributed by atoms with Crippen molar-refractivity contribution in [3.8, 4) is 0 Å². The molecular formula is C8H11Cl2Zr. The third-order valence-electron chi connectivity index (χ3n) is 1.55. The molecule has 0 N–H and O–H groups in total. The minimum absolute atomic E-state index is 0. The molecule has 0 aromatic heterocycles. The second kappa shape index (κ2) is 9.03. The van der Waals surface area contributed by atoms with Crippen LogP contribution in [0.25, 0.3) is 0 Å². The number of rotatable bonds is 1. The van der Waals surface area contributed by atoms with E-state index in [1.165, 1.54) is 11.1 Å². The van der Waals surface area contributed by atoms with Crippen LogP contribution in [0.5, 0.6) is 0 Å². The fraction of sp³-hybridized carbons (Fsp3) is 0.500. The monoisotopic (exact) mass is 267 g/mol. The van der Waals surface area contributed by atoms with Crippen molar-refractivity contribution in [2.45, 2.75) is 26.7 Å². The van der Waals surface area contributed by atoms with E-state index in [-0.39, 0.29) is 51.0 Å². The Morgan fingerprint density at radius 2 is 2.00 bits per heavy atom. The van der Waals surface area contributed by atoms with Gasteiger partial charge in [-0.1, -0.05) is 13.3 Å². The third-order valence-corrected chi connectivity index (χ3v) is 1.55. The Kier molecular flexibility index (Phi) is 14.7. The predicted molar refractivity (Wildman–Crippen MR) is 35.4 cm³/mol. The maximum absolute atomic E-state index is 3.28. The van der Waals surface area contributed by atoms with Gasteiger partial charge in [-0.3, -0.25) is 6.08 Å². The summed E-state index contributed by atoms with van der Waals surface area (Å²) in [7, 11) is 0. The van der Waals surface area contributed by atoms with E-state index in [1.807, 2.05) is 0 Å². The summed E-state index contributed by atoms with van der Waals surface area (Å²) in [5.74, 6) is 0. The van der Waals surface area contributed by atoms with Crippen molar-refractivity contribution in [2.24, 2.45) is 0 Å². The summed E-state index contributed by atoms with van der Waals surface area (Å²) in [6.07, 6.45) is 7.68. The second-order valence-electron chi connectivity index (χ2n) is 2.10. The summed E-state index contributed by atoms with van der Waals surface area (Å²) in [5.41, 5.74) is 2.83. The summed E-state index contributed by atoms with van der Waals surface area (Å²) < 4.78 is 0. The number of halogens is 2. The molecule has 61 valence electrons. The second-order valence-corrected chi connectivity index (χ2v) is 2.10. The Bertz CT molecular complexity index is 150. The molecule has 0 heterocycles. The van der Waals surface area contributed by atoms with Gasteiger partial charge in [0.15, 0.2) is 0 Å². The van der Waals surface area contributed by atoms with Gasteiger partial charge in [-0.15, -0.1) is 13.3 Å². The van der Waals surface area contributed by atoms with E-state index in [0.717, 1.165) is 12.8 Å². The Morgan fingerprint density at radius 1 is 1.45 bits per heavy atom. The predicted octanol–water partition coefficient (Wildman–Crippen LogP) is -3.52. The Balaban J connectivity index is -0.000000213. The van der Waals surface area contributed by atoms with E-state index in [1.54, 1.807) is 0 Å². The van der Waals surface area contributed by atoms with Crippen LogP contribution in [0.2, 0.25) is 0 Å². The van der Waals surface area contributed by atoms with Crippen molar-refractivity contribution >= 4 is 0 Å². The fourth-order valence-corrected chi connectivity index (χ4v) is 0.994. The average molecular weight is 269 g/mol. The molecule has 0 amide bonds. The molecule has 1 aliphatic rings. The SMILES string of the molecule is CCC1=[C-]CC=C1C.[Cl-].[Cl-].[Zr+3]. The molecule has 1 aliphatic carbocycles. The molecule has 11 heavy (non-hydrogen) atoms. The number of hydrogen-bond acceptors (Lipinski definition) is 0. The van der Waals surface area contributed by atoms with Crippen molar-refractivity contribution in [1.29, 1.82) is 0 Å². The van der Waals surface area contributed by atoms with Gasteiger partial charge in [-0.05, 0) is 0 Å². The van der Waals surface area contributed by atoms with Crippen LogP contribution >= 0.6 is 0 Å². The first-order valence-corrected chi connectivity index (χ1v) is 3.11. The van der Waals surface area contributed by atoms with Gasteiger partial charge in [0.2, 0.25) is 0 Å². The van der Waals surface area contributed by atoms with Crippen molar-refractivity contribution in [3.63, 3.8) is 0 Å². The first-order valence-electron chi connectivity index (χ1n) is 3.11. The number of allylic oxidation sites excluding steroid dienone is 4. The zero-order valence-electron chi connectivity index (χ0n) is 6.75. The first-order chi connectivity index (χ1) is 3.84. The smallest absolute Gasteiger partial charge is 1.00 e. The minimum Gasteiger partial charge on any atom is -1.00 e. The summed E-state index contributed by atoms with van der Waals surface area (Å²) in [5, 5.41) is 0.